The summed E-state index contributed by atoms with van der Waals surface area (Å²) in [6, 6.07) is 2.66. The van der Waals surface area contributed by atoms with Crippen molar-refractivity contribution in [1.29, 1.82) is 0 Å². The molecular formula is C13H7BrF2O3S. The van der Waals surface area contributed by atoms with Gasteiger partial charge in [0.05, 0.1) is 9.35 Å². The van der Waals surface area contributed by atoms with Crippen LogP contribution in [0.5, 0.6) is 0 Å². The number of thiophene rings is 1. The Morgan fingerprint density at radius 2 is 1.65 bits per heavy atom. The topological polar surface area (TPSA) is 54.4 Å². The fraction of sp³-hybridized carbons (Fsp3) is 0.0769. The zero-order valence-corrected chi connectivity index (χ0v) is 12.4. The van der Waals surface area contributed by atoms with E-state index in [9.17, 15) is 18.4 Å². The van der Waals surface area contributed by atoms with Crippen molar-refractivity contribution < 1.29 is 23.5 Å². The van der Waals surface area contributed by atoms with Crippen molar-refractivity contribution in [2.45, 2.75) is 6.92 Å². The average Bonchev–Trinajstić information content (AvgIpc) is 2.70. The van der Waals surface area contributed by atoms with E-state index < -0.39 is 29.0 Å². The minimum Gasteiger partial charge on any atom is -0.478 e. The van der Waals surface area contributed by atoms with Gasteiger partial charge >= 0.3 is 5.97 Å². The largest absolute Gasteiger partial charge is 0.478 e. The molecule has 0 aliphatic rings. The summed E-state index contributed by atoms with van der Waals surface area (Å²) in [5, 5.41) is 9.00. The number of rotatable bonds is 3. The highest BCUT2D eigenvalue weighted by Gasteiger charge is 2.23. The minimum atomic E-state index is -1.49. The fourth-order valence-corrected chi connectivity index (χ4v) is 3.42. The number of hydrogen-bond donors (Lipinski definition) is 1. The summed E-state index contributed by atoms with van der Waals surface area (Å²) >= 11 is 4.51. The van der Waals surface area contributed by atoms with Crippen LogP contribution in [0.1, 0.15) is 31.2 Å². The van der Waals surface area contributed by atoms with Gasteiger partial charge in [-0.15, -0.1) is 11.3 Å². The van der Waals surface area contributed by atoms with Gasteiger partial charge in [0, 0.05) is 16.0 Å². The molecule has 0 aliphatic heterocycles. The maximum atomic E-state index is 13.3. The number of halogens is 3. The third-order valence-electron chi connectivity index (χ3n) is 2.67. The smallest absolute Gasteiger partial charge is 0.336 e. The normalized spacial score (nSPS) is 10.6. The number of aromatic carboxylic acids is 1. The maximum Gasteiger partial charge on any atom is 0.336 e. The zero-order chi connectivity index (χ0) is 15.0. The van der Waals surface area contributed by atoms with E-state index in [-0.39, 0.29) is 11.1 Å². The Kier molecular flexibility index (Phi) is 4.01. The van der Waals surface area contributed by atoms with Crippen molar-refractivity contribution in [3.63, 3.8) is 0 Å². The lowest BCUT2D eigenvalue weighted by molar-refractivity contribution is 0.0692. The number of benzene rings is 1. The first-order valence-corrected chi connectivity index (χ1v) is 6.95. The van der Waals surface area contributed by atoms with E-state index in [1.165, 1.54) is 17.4 Å². The van der Waals surface area contributed by atoms with E-state index >= 15 is 0 Å². The number of carboxylic acid groups (broad SMARTS) is 1. The Hall–Kier alpha value is -1.60. The minimum absolute atomic E-state index is 0.260. The first kappa shape index (κ1) is 14.8. The molecule has 1 aromatic heterocycles. The Morgan fingerprint density at radius 3 is 2.10 bits per heavy atom. The highest BCUT2D eigenvalue weighted by molar-refractivity contribution is 9.11. The monoisotopic (exact) mass is 360 g/mol. The van der Waals surface area contributed by atoms with Crippen molar-refractivity contribution in [3.05, 3.63) is 55.2 Å². The Bertz CT molecular complexity index is 725. The zero-order valence-electron chi connectivity index (χ0n) is 10.0. The van der Waals surface area contributed by atoms with Crippen molar-refractivity contribution in [2.75, 3.05) is 0 Å². The van der Waals surface area contributed by atoms with Crippen LogP contribution in [0.2, 0.25) is 0 Å². The molecule has 20 heavy (non-hydrogen) atoms. The molecule has 0 bridgehead atoms. The number of carboxylic acids is 1. The van der Waals surface area contributed by atoms with Gasteiger partial charge in [0.2, 0.25) is 0 Å². The van der Waals surface area contributed by atoms with Gasteiger partial charge in [-0.25, -0.2) is 13.6 Å². The lowest BCUT2D eigenvalue weighted by Gasteiger charge is -2.06. The van der Waals surface area contributed by atoms with Crippen molar-refractivity contribution in [2.24, 2.45) is 0 Å². The second kappa shape index (κ2) is 5.41. The van der Waals surface area contributed by atoms with Gasteiger partial charge in [0.25, 0.3) is 0 Å². The highest BCUT2D eigenvalue weighted by Crippen LogP contribution is 2.29. The predicted molar refractivity (Wildman–Crippen MR) is 73.5 cm³/mol. The van der Waals surface area contributed by atoms with E-state index in [2.05, 4.69) is 15.9 Å². The quantitative estimate of drug-likeness (QED) is 0.840. The summed E-state index contributed by atoms with van der Waals surface area (Å²) in [6.07, 6.45) is 0. The molecule has 0 fully saturated rings. The summed E-state index contributed by atoms with van der Waals surface area (Å²) in [6.45, 7) is 1.68. The van der Waals surface area contributed by atoms with Gasteiger partial charge in [-0.05, 0) is 41.1 Å². The molecule has 0 aliphatic carbocycles. The van der Waals surface area contributed by atoms with Gasteiger partial charge < -0.3 is 5.11 Å². The molecule has 0 unspecified atom stereocenters. The Morgan fingerprint density at radius 1 is 1.10 bits per heavy atom. The van der Waals surface area contributed by atoms with Crippen molar-refractivity contribution >= 4 is 39.0 Å². The van der Waals surface area contributed by atoms with Crippen LogP contribution in [0.15, 0.2) is 22.0 Å². The summed E-state index contributed by atoms with van der Waals surface area (Å²) in [7, 11) is 0. The first-order chi connectivity index (χ1) is 9.31. The Balaban J connectivity index is 2.62. The third-order valence-corrected chi connectivity index (χ3v) is 4.22. The molecule has 0 saturated carbocycles. The second-order valence-corrected chi connectivity index (χ2v) is 6.60. The molecule has 0 amide bonds. The van der Waals surface area contributed by atoms with Crippen molar-refractivity contribution in [1.82, 2.24) is 0 Å². The van der Waals surface area contributed by atoms with E-state index in [1.807, 2.05) is 0 Å². The van der Waals surface area contributed by atoms with Crippen LogP contribution < -0.4 is 0 Å². The molecule has 104 valence electrons. The second-order valence-electron chi connectivity index (χ2n) is 3.97. The SMILES string of the molecule is Cc1sc(Br)cc1C(=O)c1cc(F)c(F)cc1C(=O)O. The molecular weight excluding hydrogens is 354 g/mol. The molecule has 0 saturated heterocycles. The summed E-state index contributed by atoms with van der Waals surface area (Å²) in [4.78, 5) is 24.0. The lowest BCUT2D eigenvalue weighted by atomic mass is 9.98. The number of carbonyl (C=O) groups is 2. The van der Waals surface area contributed by atoms with E-state index in [0.717, 1.165) is 0 Å². The molecule has 0 spiro atoms. The van der Waals surface area contributed by atoms with Gasteiger partial charge in [0.15, 0.2) is 17.4 Å². The van der Waals surface area contributed by atoms with Crippen LogP contribution in [0, 0.1) is 18.6 Å². The number of carbonyl (C=O) groups excluding carboxylic acids is 1. The first-order valence-electron chi connectivity index (χ1n) is 5.34. The van der Waals surface area contributed by atoms with Crippen LogP contribution in [0.3, 0.4) is 0 Å². The van der Waals surface area contributed by atoms with Crippen LogP contribution in [0.25, 0.3) is 0 Å². The number of hydrogen-bond acceptors (Lipinski definition) is 3. The highest BCUT2D eigenvalue weighted by atomic mass is 79.9. The summed E-state index contributed by atoms with van der Waals surface area (Å²) in [5.74, 6) is -4.70. The van der Waals surface area contributed by atoms with E-state index in [4.69, 9.17) is 5.11 Å². The molecule has 1 N–H and O–H groups in total. The van der Waals surface area contributed by atoms with E-state index in [1.54, 1.807) is 6.92 Å². The van der Waals surface area contributed by atoms with Crippen LogP contribution >= 0.6 is 27.3 Å². The molecule has 1 heterocycles. The number of aryl methyl sites for hydroxylation is 1. The van der Waals surface area contributed by atoms with Crippen molar-refractivity contribution in [3.8, 4) is 0 Å². The van der Waals surface area contributed by atoms with Crippen LogP contribution in [-0.4, -0.2) is 16.9 Å². The molecule has 0 radical (unpaired) electrons. The van der Waals surface area contributed by atoms with Gasteiger partial charge in [-0.3, -0.25) is 4.79 Å². The molecule has 1 aromatic carbocycles. The molecule has 2 rings (SSSR count). The molecule has 7 heteroatoms. The van der Waals surface area contributed by atoms with Crippen LogP contribution in [0.4, 0.5) is 8.78 Å². The standard InChI is InChI=1S/C13H7BrF2O3S/c1-5-6(4-11(14)20-5)12(17)7-2-9(15)10(16)3-8(7)13(18)19/h2-4H,1H3,(H,18,19). The lowest BCUT2D eigenvalue weighted by Crippen LogP contribution is -2.11. The Labute approximate surface area is 125 Å². The third kappa shape index (κ3) is 2.64. The molecule has 2 aromatic rings. The van der Waals surface area contributed by atoms with Gasteiger partial charge in [0.1, 0.15) is 0 Å². The van der Waals surface area contributed by atoms with E-state index in [0.29, 0.717) is 20.8 Å². The van der Waals surface area contributed by atoms with Crippen LogP contribution in [-0.2, 0) is 0 Å². The van der Waals surface area contributed by atoms with Gasteiger partial charge in [-0.1, -0.05) is 0 Å². The molecule has 3 nitrogen and oxygen atoms in total. The average molecular weight is 361 g/mol. The predicted octanol–water partition coefficient (Wildman–Crippen LogP) is 4.03. The molecule has 0 atom stereocenters. The summed E-state index contributed by atoms with van der Waals surface area (Å²) < 4.78 is 27.1. The summed E-state index contributed by atoms with van der Waals surface area (Å²) in [5.41, 5.74) is -0.671. The maximum absolute atomic E-state index is 13.3. The fourth-order valence-electron chi connectivity index (χ4n) is 1.73. The van der Waals surface area contributed by atoms with Gasteiger partial charge in [-0.2, -0.15) is 0 Å². The number of ketones is 1.